The molecule has 0 amide bonds. The van der Waals surface area contributed by atoms with Crippen LogP contribution in [0.2, 0.25) is 0 Å². The lowest BCUT2D eigenvalue weighted by molar-refractivity contribution is 0.659. The quantitative estimate of drug-likeness (QED) is 0.376. The topological polar surface area (TPSA) is 34.9 Å². The number of nitrogens with zero attached hydrogens (tertiary/aromatic N) is 2. The van der Waals surface area contributed by atoms with E-state index in [0.717, 1.165) is 19.8 Å². The maximum atomic E-state index is 12.8. The molecule has 1 heterocycles. The summed E-state index contributed by atoms with van der Waals surface area (Å²) in [5.74, 6) is 0. The molecule has 0 atom stereocenters. The summed E-state index contributed by atoms with van der Waals surface area (Å²) in [4.78, 5) is 17.4. The number of hydrogen-bond donors (Lipinski definition) is 0. The number of thioether (sulfide) groups is 1. The minimum absolute atomic E-state index is 0.0201. The molecule has 106 valence electrons. The van der Waals surface area contributed by atoms with Crippen LogP contribution in [0, 0.1) is 3.57 Å². The van der Waals surface area contributed by atoms with Gasteiger partial charge in [-0.1, -0.05) is 42.1 Å². The van der Waals surface area contributed by atoms with Crippen molar-refractivity contribution in [3.63, 3.8) is 0 Å². The molecule has 21 heavy (non-hydrogen) atoms. The summed E-state index contributed by atoms with van der Waals surface area (Å²) in [6.45, 7) is 0.546. The van der Waals surface area contributed by atoms with E-state index in [4.69, 9.17) is 0 Å². The lowest BCUT2D eigenvalue weighted by Gasteiger charge is -2.12. The Labute approximate surface area is 140 Å². The maximum absolute atomic E-state index is 12.8. The highest BCUT2D eigenvalue weighted by Crippen LogP contribution is 2.18. The molecule has 3 rings (SSSR count). The minimum atomic E-state index is 0.0201. The van der Waals surface area contributed by atoms with Gasteiger partial charge in [0.1, 0.15) is 0 Å². The highest BCUT2D eigenvalue weighted by molar-refractivity contribution is 14.1. The van der Waals surface area contributed by atoms with Crippen molar-refractivity contribution >= 4 is 45.3 Å². The van der Waals surface area contributed by atoms with Crippen LogP contribution in [0.3, 0.4) is 0 Å². The summed E-state index contributed by atoms with van der Waals surface area (Å²) in [5, 5.41) is 1.42. The Morgan fingerprint density at radius 1 is 1.19 bits per heavy atom. The smallest absolute Gasteiger partial charge is 0.262 e. The Bertz CT molecular complexity index is 846. The van der Waals surface area contributed by atoms with E-state index >= 15 is 0 Å². The van der Waals surface area contributed by atoms with Gasteiger partial charge in [-0.05, 0) is 52.6 Å². The van der Waals surface area contributed by atoms with Gasteiger partial charge in [0.15, 0.2) is 5.16 Å². The molecule has 0 fully saturated rings. The highest BCUT2D eigenvalue weighted by atomic mass is 127. The van der Waals surface area contributed by atoms with Crippen molar-refractivity contribution < 1.29 is 0 Å². The number of aromatic nitrogens is 2. The van der Waals surface area contributed by atoms with Crippen molar-refractivity contribution in [1.29, 1.82) is 0 Å². The third-order valence-corrected chi connectivity index (χ3v) is 4.60. The molecule has 0 spiro atoms. The fourth-order valence-corrected chi connectivity index (χ4v) is 3.28. The summed E-state index contributed by atoms with van der Waals surface area (Å²) in [6.07, 6.45) is 1.95. The van der Waals surface area contributed by atoms with Gasteiger partial charge in [-0.2, -0.15) is 0 Å². The number of benzene rings is 2. The van der Waals surface area contributed by atoms with Crippen molar-refractivity contribution in [1.82, 2.24) is 9.55 Å². The maximum Gasteiger partial charge on any atom is 0.262 e. The lowest BCUT2D eigenvalue weighted by atomic mass is 10.2. The molecule has 1 aromatic heterocycles. The Morgan fingerprint density at radius 2 is 1.95 bits per heavy atom. The van der Waals surface area contributed by atoms with Crippen LogP contribution in [-0.4, -0.2) is 15.8 Å². The molecule has 0 aliphatic rings. The highest BCUT2D eigenvalue weighted by Gasteiger charge is 2.11. The van der Waals surface area contributed by atoms with Crippen LogP contribution in [0.25, 0.3) is 10.9 Å². The van der Waals surface area contributed by atoms with Crippen molar-refractivity contribution in [3.8, 4) is 0 Å². The summed E-state index contributed by atoms with van der Waals surface area (Å²) in [5.41, 5.74) is 1.88. The standard InChI is InChI=1S/C16H13IN2OS/c1-21-16-18-14-8-7-12(17)9-13(14)15(20)19(16)10-11-5-3-2-4-6-11/h2-9H,10H2,1H3. The fourth-order valence-electron chi connectivity index (χ4n) is 2.23. The third-order valence-electron chi connectivity index (χ3n) is 3.25. The predicted molar refractivity (Wildman–Crippen MR) is 96.0 cm³/mol. The summed E-state index contributed by atoms with van der Waals surface area (Å²) >= 11 is 3.71. The van der Waals surface area contributed by atoms with Crippen molar-refractivity contribution in [2.24, 2.45) is 0 Å². The van der Waals surface area contributed by atoms with E-state index in [9.17, 15) is 4.79 Å². The zero-order valence-electron chi connectivity index (χ0n) is 11.4. The second-order valence-corrected chi connectivity index (χ2v) is 6.66. The molecular formula is C16H13IN2OS. The second-order valence-electron chi connectivity index (χ2n) is 4.64. The van der Waals surface area contributed by atoms with E-state index in [-0.39, 0.29) is 5.56 Å². The van der Waals surface area contributed by atoms with E-state index < -0.39 is 0 Å². The molecule has 5 heteroatoms. The van der Waals surface area contributed by atoms with E-state index in [1.165, 1.54) is 11.8 Å². The summed E-state index contributed by atoms with van der Waals surface area (Å²) < 4.78 is 2.79. The van der Waals surface area contributed by atoms with Crippen LogP contribution in [-0.2, 0) is 6.54 Å². The lowest BCUT2D eigenvalue weighted by Crippen LogP contribution is -2.23. The number of rotatable bonds is 3. The molecule has 0 saturated heterocycles. The van der Waals surface area contributed by atoms with Gasteiger partial charge in [-0.25, -0.2) is 4.98 Å². The first-order valence-electron chi connectivity index (χ1n) is 6.47. The zero-order chi connectivity index (χ0) is 14.8. The largest absolute Gasteiger partial charge is 0.283 e. The Hall–Kier alpha value is -1.34. The monoisotopic (exact) mass is 408 g/mol. The van der Waals surface area contributed by atoms with Crippen molar-refractivity contribution in [2.75, 3.05) is 6.26 Å². The van der Waals surface area contributed by atoms with Gasteiger partial charge in [0.2, 0.25) is 0 Å². The van der Waals surface area contributed by atoms with Gasteiger partial charge >= 0.3 is 0 Å². The van der Waals surface area contributed by atoms with Crippen LogP contribution in [0.15, 0.2) is 58.5 Å². The van der Waals surface area contributed by atoms with Gasteiger partial charge in [0, 0.05) is 3.57 Å². The first-order chi connectivity index (χ1) is 10.2. The van der Waals surface area contributed by atoms with Gasteiger partial charge < -0.3 is 0 Å². The molecule has 3 aromatic rings. The number of hydrogen-bond acceptors (Lipinski definition) is 3. The summed E-state index contributed by atoms with van der Waals surface area (Å²) in [6, 6.07) is 15.8. The van der Waals surface area contributed by atoms with Crippen LogP contribution in [0.5, 0.6) is 0 Å². The number of fused-ring (bicyclic) bond motifs is 1. The SMILES string of the molecule is CSc1nc2ccc(I)cc2c(=O)n1Cc1ccccc1. The molecule has 3 nitrogen and oxygen atoms in total. The molecular weight excluding hydrogens is 395 g/mol. The van der Waals surface area contributed by atoms with E-state index in [2.05, 4.69) is 27.6 Å². The Morgan fingerprint density at radius 3 is 2.67 bits per heavy atom. The molecule has 0 unspecified atom stereocenters. The van der Waals surface area contributed by atoms with Gasteiger partial charge in [-0.15, -0.1) is 0 Å². The van der Waals surface area contributed by atoms with Gasteiger partial charge in [-0.3, -0.25) is 9.36 Å². The predicted octanol–water partition coefficient (Wildman–Crippen LogP) is 3.77. The average Bonchev–Trinajstić information content (AvgIpc) is 2.51. The first kappa shape index (κ1) is 14.6. The van der Waals surface area contributed by atoms with Crippen molar-refractivity contribution in [3.05, 3.63) is 68.0 Å². The third kappa shape index (κ3) is 2.98. The molecule has 2 aromatic carbocycles. The normalized spacial score (nSPS) is 11.0. The van der Waals surface area contributed by atoms with Gasteiger partial charge in [0.25, 0.3) is 5.56 Å². The van der Waals surface area contributed by atoms with E-state index in [0.29, 0.717) is 11.9 Å². The zero-order valence-corrected chi connectivity index (χ0v) is 14.4. The molecule has 0 saturated carbocycles. The van der Waals surface area contributed by atoms with E-state index in [1.807, 2.05) is 54.8 Å². The van der Waals surface area contributed by atoms with E-state index in [1.54, 1.807) is 4.57 Å². The van der Waals surface area contributed by atoms with Gasteiger partial charge in [0.05, 0.1) is 17.4 Å². The first-order valence-corrected chi connectivity index (χ1v) is 8.77. The number of halogens is 1. The van der Waals surface area contributed by atoms with Crippen LogP contribution in [0.1, 0.15) is 5.56 Å². The minimum Gasteiger partial charge on any atom is -0.283 e. The second kappa shape index (κ2) is 6.19. The van der Waals surface area contributed by atoms with Crippen LogP contribution < -0.4 is 5.56 Å². The Balaban J connectivity index is 2.20. The summed E-state index contributed by atoms with van der Waals surface area (Å²) in [7, 11) is 0. The molecule has 0 aliphatic carbocycles. The molecule has 0 aliphatic heterocycles. The Kier molecular flexibility index (Phi) is 4.30. The average molecular weight is 408 g/mol. The fraction of sp³-hybridized carbons (Fsp3) is 0.125. The van der Waals surface area contributed by atoms with Crippen molar-refractivity contribution in [2.45, 2.75) is 11.7 Å². The van der Waals surface area contributed by atoms with Crippen LogP contribution >= 0.6 is 34.4 Å². The van der Waals surface area contributed by atoms with Crippen LogP contribution in [0.4, 0.5) is 0 Å². The molecule has 0 N–H and O–H groups in total. The molecule has 0 radical (unpaired) electrons. The molecule has 0 bridgehead atoms.